The fourth-order valence-electron chi connectivity index (χ4n) is 1.81. The van der Waals surface area contributed by atoms with Gasteiger partial charge < -0.3 is 9.57 Å². The lowest BCUT2D eigenvalue weighted by molar-refractivity contribution is -0.238. The fourth-order valence-corrected chi connectivity index (χ4v) is 1.81. The van der Waals surface area contributed by atoms with Crippen LogP contribution in [0.3, 0.4) is 0 Å². The monoisotopic (exact) mass is 269 g/mol. The maximum absolute atomic E-state index is 12.1. The summed E-state index contributed by atoms with van der Waals surface area (Å²) >= 11 is 0. The van der Waals surface area contributed by atoms with Gasteiger partial charge >= 0.3 is 18.2 Å². The van der Waals surface area contributed by atoms with E-state index in [1.54, 1.807) is 0 Å². The first-order valence-corrected chi connectivity index (χ1v) is 5.52. The third kappa shape index (κ3) is 3.78. The first kappa shape index (κ1) is 14.6. The molecular formula is C10H14F3NO4. The van der Waals surface area contributed by atoms with Crippen molar-refractivity contribution in [1.82, 2.24) is 5.06 Å². The Morgan fingerprint density at radius 2 is 1.72 bits per heavy atom. The topological polar surface area (TPSA) is 55.8 Å². The van der Waals surface area contributed by atoms with Gasteiger partial charge in [0, 0.05) is 0 Å². The van der Waals surface area contributed by atoms with Crippen LogP contribution in [0.1, 0.15) is 32.1 Å². The van der Waals surface area contributed by atoms with Crippen molar-refractivity contribution in [3.05, 3.63) is 0 Å². The second kappa shape index (κ2) is 5.92. The Morgan fingerprint density at radius 1 is 1.17 bits per heavy atom. The van der Waals surface area contributed by atoms with Crippen LogP contribution < -0.4 is 0 Å². The van der Waals surface area contributed by atoms with Crippen LogP contribution in [-0.4, -0.2) is 36.5 Å². The third-order valence-corrected chi connectivity index (χ3v) is 2.67. The molecule has 5 nitrogen and oxygen atoms in total. The predicted molar refractivity (Wildman–Crippen MR) is 53.3 cm³/mol. The number of hydrogen-bond acceptors (Lipinski definition) is 4. The van der Waals surface area contributed by atoms with Gasteiger partial charge in [0.15, 0.2) is 0 Å². The fraction of sp³-hybridized carbons (Fsp3) is 0.800. The second-order valence-corrected chi connectivity index (χ2v) is 3.96. The Labute approximate surface area is 102 Å². The van der Waals surface area contributed by atoms with Gasteiger partial charge in [-0.1, -0.05) is 19.3 Å². The number of hydroxylamine groups is 2. The summed E-state index contributed by atoms with van der Waals surface area (Å²) in [5, 5.41) is 0.398. The summed E-state index contributed by atoms with van der Waals surface area (Å²) in [5.41, 5.74) is 0. The van der Waals surface area contributed by atoms with Crippen molar-refractivity contribution in [2.24, 2.45) is 0 Å². The summed E-state index contributed by atoms with van der Waals surface area (Å²) in [6, 6.07) is -0.558. The van der Waals surface area contributed by atoms with Gasteiger partial charge in [-0.15, -0.1) is 5.06 Å². The molecule has 104 valence electrons. The molecule has 0 aromatic heterocycles. The lowest BCUT2D eigenvalue weighted by atomic mass is 9.95. The van der Waals surface area contributed by atoms with Crippen molar-refractivity contribution in [3.8, 4) is 0 Å². The Morgan fingerprint density at radius 3 is 2.17 bits per heavy atom. The standard InChI is InChI=1S/C10H14F3NO4/c1-17-9(16)14(7-5-3-2-4-6-7)18-8(15)10(11,12)13/h7H,2-6H2,1H3. The smallest absolute Gasteiger partial charge is 0.451 e. The summed E-state index contributed by atoms with van der Waals surface area (Å²) in [5.74, 6) is -2.42. The highest BCUT2D eigenvalue weighted by Gasteiger charge is 2.44. The van der Waals surface area contributed by atoms with Gasteiger partial charge in [0.25, 0.3) is 0 Å². The van der Waals surface area contributed by atoms with Gasteiger partial charge in [-0.3, -0.25) is 0 Å². The highest BCUT2D eigenvalue weighted by Crippen LogP contribution is 2.25. The largest absolute Gasteiger partial charge is 0.493 e. The molecule has 1 aliphatic rings. The molecule has 1 aliphatic carbocycles. The zero-order valence-corrected chi connectivity index (χ0v) is 9.83. The molecule has 18 heavy (non-hydrogen) atoms. The van der Waals surface area contributed by atoms with E-state index >= 15 is 0 Å². The maximum Gasteiger partial charge on any atom is 0.493 e. The number of carbonyl (C=O) groups is 2. The van der Waals surface area contributed by atoms with Crippen molar-refractivity contribution >= 4 is 12.1 Å². The zero-order valence-electron chi connectivity index (χ0n) is 9.83. The Balaban J connectivity index is 2.72. The molecule has 0 aliphatic heterocycles. The van der Waals surface area contributed by atoms with Crippen LogP contribution in [0.25, 0.3) is 0 Å². The van der Waals surface area contributed by atoms with Crippen LogP contribution in [0.5, 0.6) is 0 Å². The van der Waals surface area contributed by atoms with Crippen molar-refractivity contribution in [2.45, 2.75) is 44.3 Å². The lowest BCUT2D eigenvalue weighted by Crippen LogP contribution is -2.45. The van der Waals surface area contributed by atoms with Crippen molar-refractivity contribution in [2.75, 3.05) is 7.11 Å². The SMILES string of the molecule is COC(=O)N(OC(=O)C(F)(F)F)C1CCCCC1. The van der Waals surface area contributed by atoms with Gasteiger partial charge in [-0.05, 0) is 12.8 Å². The number of hydrogen-bond donors (Lipinski definition) is 0. The summed E-state index contributed by atoms with van der Waals surface area (Å²) in [6.45, 7) is 0. The molecule has 1 fully saturated rings. The Bertz CT molecular complexity index is 313. The van der Waals surface area contributed by atoms with Gasteiger partial charge in [0.1, 0.15) is 0 Å². The Hall–Kier alpha value is -1.47. The quantitative estimate of drug-likeness (QED) is 0.686. The molecule has 0 unspecified atom stereocenters. The summed E-state index contributed by atoms with van der Waals surface area (Å²) < 4.78 is 40.6. The molecule has 1 rings (SSSR count). The zero-order chi connectivity index (χ0) is 13.8. The van der Waals surface area contributed by atoms with E-state index in [-0.39, 0.29) is 0 Å². The molecule has 0 spiro atoms. The van der Waals surface area contributed by atoms with E-state index in [9.17, 15) is 22.8 Å². The molecule has 0 saturated heterocycles. The predicted octanol–water partition coefficient (Wildman–Crippen LogP) is 2.41. The molecule has 0 N–H and O–H groups in total. The number of rotatable bonds is 1. The van der Waals surface area contributed by atoms with E-state index in [4.69, 9.17) is 0 Å². The van der Waals surface area contributed by atoms with E-state index < -0.39 is 24.3 Å². The number of carbonyl (C=O) groups excluding carboxylic acids is 2. The molecule has 0 atom stereocenters. The van der Waals surface area contributed by atoms with Gasteiger partial charge in [-0.25, -0.2) is 9.59 Å². The normalized spacial score (nSPS) is 17.1. The molecule has 1 amide bonds. The number of alkyl halides is 3. The highest BCUT2D eigenvalue weighted by molar-refractivity contribution is 5.77. The number of methoxy groups -OCH3 is 1. The minimum absolute atomic E-state index is 0.398. The molecular weight excluding hydrogens is 255 g/mol. The van der Waals surface area contributed by atoms with E-state index in [1.807, 2.05) is 0 Å². The average molecular weight is 269 g/mol. The van der Waals surface area contributed by atoms with Gasteiger partial charge in [0.2, 0.25) is 0 Å². The number of nitrogens with zero attached hydrogens (tertiary/aromatic N) is 1. The van der Waals surface area contributed by atoms with Crippen LogP contribution in [0.2, 0.25) is 0 Å². The number of halogens is 3. The van der Waals surface area contributed by atoms with Crippen LogP contribution in [-0.2, 0) is 14.4 Å². The van der Waals surface area contributed by atoms with Crippen molar-refractivity contribution in [3.63, 3.8) is 0 Å². The molecule has 1 saturated carbocycles. The summed E-state index contributed by atoms with van der Waals surface area (Å²) in [7, 11) is 1.01. The first-order chi connectivity index (χ1) is 8.36. The van der Waals surface area contributed by atoms with Gasteiger partial charge in [0.05, 0.1) is 13.2 Å². The molecule has 0 bridgehead atoms. The summed E-state index contributed by atoms with van der Waals surface area (Å²) in [6.07, 6.45) is -2.79. The maximum atomic E-state index is 12.1. The van der Waals surface area contributed by atoms with Crippen LogP contribution in [0.4, 0.5) is 18.0 Å². The molecule has 0 heterocycles. The van der Waals surface area contributed by atoms with E-state index in [0.717, 1.165) is 26.4 Å². The van der Waals surface area contributed by atoms with Crippen LogP contribution >= 0.6 is 0 Å². The first-order valence-electron chi connectivity index (χ1n) is 5.52. The summed E-state index contributed by atoms with van der Waals surface area (Å²) in [4.78, 5) is 26.2. The highest BCUT2D eigenvalue weighted by atomic mass is 19.4. The third-order valence-electron chi connectivity index (χ3n) is 2.67. The average Bonchev–Trinajstić information content (AvgIpc) is 2.34. The van der Waals surface area contributed by atoms with Crippen molar-refractivity contribution < 1.29 is 32.3 Å². The molecule has 0 aromatic rings. The lowest BCUT2D eigenvalue weighted by Gasteiger charge is -2.31. The minimum Gasteiger partial charge on any atom is -0.451 e. The minimum atomic E-state index is -5.14. The molecule has 0 radical (unpaired) electrons. The number of amides is 1. The van der Waals surface area contributed by atoms with Crippen molar-refractivity contribution in [1.29, 1.82) is 0 Å². The Kier molecular flexibility index (Phi) is 4.80. The van der Waals surface area contributed by atoms with Gasteiger partial charge in [-0.2, -0.15) is 13.2 Å². The second-order valence-electron chi connectivity index (χ2n) is 3.96. The van der Waals surface area contributed by atoms with E-state index in [0.29, 0.717) is 17.9 Å². The number of ether oxygens (including phenoxy) is 1. The molecule has 0 aromatic carbocycles. The van der Waals surface area contributed by atoms with Crippen LogP contribution in [0, 0.1) is 0 Å². The van der Waals surface area contributed by atoms with E-state index in [1.165, 1.54) is 0 Å². The molecule has 8 heteroatoms. The van der Waals surface area contributed by atoms with Crippen LogP contribution in [0.15, 0.2) is 0 Å². The van der Waals surface area contributed by atoms with E-state index in [2.05, 4.69) is 9.57 Å².